The lowest BCUT2D eigenvalue weighted by molar-refractivity contribution is 0.0139. The molecule has 72 valence electrons. The highest BCUT2D eigenvalue weighted by molar-refractivity contribution is 4.88. The lowest BCUT2D eigenvalue weighted by atomic mass is 10.0. The molecule has 1 rings (SSSR count). The standard InChI is InChI=1S/C9H17F2N/c1-7(2)4-8-5-9(10,11)6-12(8)3/h7-8H,4-6H2,1-3H3/t8-/m1/s1. The summed E-state index contributed by atoms with van der Waals surface area (Å²) in [5.74, 6) is -1.94. The molecular formula is C9H17F2N. The number of likely N-dealkylation sites (tertiary alicyclic amines) is 1. The van der Waals surface area contributed by atoms with Crippen LogP contribution in [-0.2, 0) is 0 Å². The molecule has 0 N–H and O–H groups in total. The van der Waals surface area contributed by atoms with Crippen molar-refractivity contribution in [3.63, 3.8) is 0 Å². The first-order valence-corrected chi connectivity index (χ1v) is 4.49. The van der Waals surface area contributed by atoms with Crippen LogP contribution in [0.4, 0.5) is 8.78 Å². The van der Waals surface area contributed by atoms with E-state index in [1.165, 1.54) is 0 Å². The molecule has 12 heavy (non-hydrogen) atoms. The number of rotatable bonds is 2. The van der Waals surface area contributed by atoms with E-state index in [9.17, 15) is 8.78 Å². The Hall–Kier alpha value is -0.180. The van der Waals surface area contributed by atoms with Gasteiger partial charge in [-0.2, -0.15) is 0 Å². The van der Waals surface area contributed by atoms with Crippen molar-refractivity contribution in [2.75, 3.05) is 13.6 Å². The van der Waals surface area contributed by atoms with E-state index in [2.05, 4.69) is 13.8 Å². The van der Waals surface area contributed by atoms with E-state index in [0.29, 0.717) is 5.92 Å². The van der Waals surface area contributed by atoms with Gasteiger partial charge in [0.25, 0.3) is 5.92 Å². The molecule has 1 aliphatic rings. The fourth-order valence-corrected chi connectivity index (χ4v) is 1.87. The van der Waals surface area contributed by atoms with Gasteiger partial charge >= 0.3 is 0 Å². The summed E-state index contributed by atoms with van der Waals surface area (Å²) in [6.45, 7) is 4.08. The molecule has 1 heterocycles. The zero-order chi connectivity index (χ0) is 9.35. The summed E-state index contributed by atoms with van der Waals surface area (Å²) in [7, 11) is 1.79. The summed E-state index contributed by atoms with van der Waals surface area (Å²) in [6.07, 6.45) is 0.924. The number of alkyl halides is 2. The van der Waals surface area contributed by atoms with E-state index in [4.69, 9.17) is 0 Å². The second-order valence-electron chi connectivity index (χ2n) is 4.26. The normalized spacial score (nSPS) is 30.0. The van der Waals surface area contributed by atoms with Crippen molar-refractivity contribution < 1.29 is 8.78 Å². The molecule has 1 saturated heterocycles. The molecule has 0 unspecified atom stereocenters. The van der Waals surface area contributed by atoms with E-state index >= 15 is 0 Å². The largest absolute Gasteiger partial charge is 0.297 e. The van der Waals surface area contributed by atoms with Crippen LogP contribution in [0.1, 0.15) is 26.7 Å². The minimum absolute atomic E-state index is 0.0433. The van der Waals surface area contributed by atoms with Crippen molar-refractivity contribution in [3.8, 4) is 0 Å². The lowest BCUT2D eigenvalue weighted by Gasteiger charge is -2.19. The van der Waals surface area contributed by atoms with Crippen LogP contribution in [0.3, 0.4) is 0 Å². The third-order valence-corrected chi connectivity index (χ3v) is 2.38. The predicted molar refractivity (Wildman–Crippen MR) is 45.4 cm³/mol. The molecule has 3 heteroatoms. The first-order chi connectivity index (χ1) is 5.41. The fraction of sp³-hybridized carbons (Fsp3) is 1.00. The predicted octanol–water partition coefficient (Wildman–Crippen LogP) is 2.37. The highest BCUT2D eigenvalue weighted by atomic mass is 19.3. The minimum Gasteiger partial charge on any atom is -0.297 e. The molecule has 0 aromatic carbocycles. The minimum atomic E-state index is -2.45. The molecule has 1 fully saturated rings. The first-order valence-electron chi connectivity index (χ1n) is 4.49. The van der Waals surface area contributed by atoms with Crippen LogP contribution in [0.15, 0.2) is 0 Å². The van der Waals surface area contributed by atoms with Crippen LogP contribution in [0, 0.1) is 5.92 Å². The molecule has 1 aliphatic heterocycles. The van der Waals surface area contributed by atoms with E-state index in [1.54, 1.807) is 11.9 Å². The lowest BCUT2D eigenvalue weighted by Crippen LogP contribution is -2.26. The van der Waals surface area contributed by atoms with Crippen LogP contribution >= 0.6 is 0 Å². The molecular weight excluding hydrogens is 160 g/mol. The molecule has 0 amide bonds. The quantitative estimate of drug-likeness (QED) is 0.626. The Balaban J connectivity index is 2.47. The summed E-state index contributed by atoms with van der Waals surface area (Å²) >= 11 is 0. The van der Waals surface area contributed by atoms with Gasteiger partial charge in [0.05, 0.1) is 6.54 Å². The van der Waals surface area contributed by atoms with Crippen molar-refractivity contribution in [1.29, 1.82) is 0 Å². The van der Waals surface area contributed by atoms with Gasteiger partial charge in [-0.3, -0.25) is 4.90 Å². The third-order valence-electron chi connectivity index (χ3n) is 2.38. The van der Waals surface area contributed by atoms with Gasteiger partial charge in [-0.15, -0.1) is 0 Å². The number of hydrogen-bond acceptors (Lipinski definition) is 1. The second-order valence-corrected chi connectivity index (χ2v) is 4.26. The highest BCUT2D eigenvalue weighted by Crippen LogP contribution is 2.33. The fourth-order valence-electron chi connectivity index (χ4n) is 1.87. The molecule has 0 saturated carbocycles. The van der Waals surface area contributed by atoms with Crippen molar-refractivity contribution in [2.24, 2.45) is 5.92 Å². The Bertz CT molecular complexity index is 157. The Labute approximate surface area is 72.7 Å². The molecule has 0 aliphatic carbocycles. The maximum atomic E-state index is 12.9. The van der Waals surface area contributed by atoms with E-state index in [0.717, 1.165) is 6.42 Å². The van der Waals surface area contributed by atoms with Crippen LogP contribution in [0.25, 0.3) is 0 Å². The molecule has 0 aromatic rings. The van der Waals surface area contributed by atoms with E-state index in [1.807, 2.05) is 0 Å². The van der Waals surface area contributed by atoms with Gasteiger partial charge in [-0.25, -0.2) is 8.78 Å². The van der Waals surface area contributed by atoms with Crippen molar-refractivity contribution in [2.45, 2.75) is 38.7 Å². The van der Waals surface area contributed by atoms with Gasteiger partial charge < -0.3 is 0 Å². The molecule has 0 aromatic heterocycles. The molecule has 0 bridgehead atoms. The Morgan fingerprint density at radius 2 is 2.08 bits per heavy atom. The van der Waals surface area contributed by atoms with Gasteiger partial charge in [0, 0.05) is 12.5 Å². The second kappa shape index (κ2) is 3.29. The monoisotopic (exact) mass is 177 g/mol. The SMILES string of the molecule is CC(C)C[C@@H]1CC(F)(F)CN1C. The Morgan fingerprint density at radius 1 is 1.50 bits per heavy atom. The Morgan fingerprint density at radius 3 is 2.42 bits per heavy atom. The van der Waals surface area contributed by atoms with Crippen molar-refractivity contribution >= 4 is 0 Å². The van der Waals surface area contributed by atoms with Crippen LogP contribution in [0.5, 0.6) is 0 Å². The summed E-state index contributed by atoms with van der Waals surface area (Å²) < 4.78 is 25.7. The average molecular weight is 177 g/mol. The van der Waals surface area contributed by atoms with Crippen LogP contribution in [0.2, 0.25) is 0 Å². The number of hydrogen-bond donors (Lipinski definition) is 0. The van der Waals surface area contributed by atoms with E-state index < -0.39 is 5.92 Å². The van der Waals surface area contributed by atoms with Gasteiger partial charge in [0.2, 0.25) is 0 Å². The maximum Gasteiger partial charge on any atom is 0.262 e. The summed E-state index contributed by atoms with van der Waals surface area (Å²) in [4.78, 5) is 1.78. The molecule has 0 radical (unpaired) electrons. The van der Waals surface area contributed by atoms with E-state index in [-0.39, 0.29) is 19.0 Å². The molecule has 0 spiro atoms. The summed E-state index contributed by atoms with van der Waals surface area (Å²) in [6, 6.07) is 0.0833. The summed E-state index contributed by atoms with van der Waals surface area (Å²) in [5, 5.41) is 0. The Kier molecular flexibility index (Phi) is 2.71. The smallest absolute Gasteiger partial charge is 0.262 e. The average Bonchev–Trinajstić information content (AvgIpc) is 2.03. The first kappa shape index (κ1) is 9.90. The van der Waals surface area contributed by atoms with Gasteiger partial charge in [0.15, 0.2) is 0 Å². The van der Waals surface area contributed by atoms with Gasteiger partial charge in [-0.05, 0) is 19.4 Å². The summed E-state index contributed by atoms with van der Waals surface area (Å²) in [5.41, 5.74) is 0. The molecule has 1 nitrogen and oxygen atoms in total. The van der Waals surface area contributed by atoms with Crippen LogP contribution < -0.4 is 0 Å². The zero-order valence-corrected chi connectivity index (χ0v) is 7.98. The van der Waals surface area contributed by atoms with Crippen LogP contribution in [-0.4, -0.2) is 30.5 Å². The third kappa shape index (κ3) is 2.41. The topological polar surface area (TPSA) is 3.24 Å². The number of halogens is 2. The number of nitrogens with zero attached hydrogens (tertiary/aromatic N) is 1. The molecule has 1 atom stereocenters. The van der Waals surface area contributed by atoms with Gasteiger partial charge in [-0.1, -0.05) is 13.8 Å². The van der Waals surface area contributed by atoms with Gasteiger partial charge in [0.1, 0.15) is 0 Å². The highest BCUT2D eigenvalue weighted by Gasteiger charge is 2.42. The maximum absolute atomic E-state index is 12.9. The van der Waals surface area contributed by atoms with Crippen molar-refractivity contribution in [3.05, 3.63) is 0 Å². The van der Waals surface area contributed by atoms with Crippen molar-refractivity contribution in [1.82, 2.24) is 4.90 Å². The zero-order valence-electron chi connectivity index (χ0n) is 7.98.